The van der Waals surface area contributed by atoms with Crippen molar-refractivity contribution < 1.29 is 9.59 Å². The molecule has 1 fully saturated rings. The molecule has 2 aromatic rings. The molecule has 0 saturated carbocycles. The van der Waals surface area contributed by atoms with Gasteiger partial charge in [0.05, 0.1) is 0 Å². The van der Waals surface area contributed by atoms with E-state index in [1.165, 1.54) is 0 Å². The highest BCUT2D eigenvalue weighted by atomic mass is 35.5. The second-order valence-electron chi connectivity index (χ2n) is 7.66. The average Bonchev–Trinajstić information content (AvgIpc) is 3.13. The van der Waals surface area contributed by atoms with Crippen LogP contribution >= 0.6 is 12.4 Å². The van der Waals surface area contributed by atoms with Gasteiger partial charge >= 0.3 is 0 Å². The van der Waals surface area contributed by atoms with Crippen LogP contribution in [0, 0.1) is 5.92 Å². The van der Waals surface area contributed by atoms with Crippen LogP contribution in [0.2, 0.25) is 0 Å². The summed E-state index contributed by atoms with van der Waals surface area (Å²) in [6, 6.07) is 7.46. The minimum atomic E-state index is -0.0873. The molecule has 3 rings (SSSR count). The normalized spacial score (nSPS) is 16.4. The Morgan fingerprint density at radius 2 is 1.97 bits per heavy atom. The number of halogens is 1. The molecule has 1 unspecified atom stereocenters. The van der Waals surface area contributed by atoms with Crippen LogP contribution in [0.25, 0.3) is 0 Å². The number of hydrogen-bond donors (Lipinski definition) is 1. The first-order chi connectivity index (χ1) is 13.4. The lowest BCUT2D eigenvalue weighted by Gasteiger charge is -2.35. The molecule has 8 heteroatoms. The molecule has 0 spiro atoms. The van der Waals surface area contributed by atoms with Crippen LogP contribution in [-0.4, -0.2) is 57.8 Å². The van der Waals surface area contributed by atoms with E-state index in [0.717, 1.165) is 17.9 Å². The molecule has 1 aliphatic heterocycles. The molecule has 1 aromatic heterocycles. The lowest BCUT2D eigenvalue weighted by Crippen LogP contribution is -2.49. The molecule has 1 saturated heterocycles. The highest BCUT2D eigenvalue weighted by Crippen LogP contribution is 2.23. The first-order valence-corrected chi connectivity index (χ1v) is 9.71. The lowest BCUT2D eigenvalue weighted by atomic mass is 10.1. The van der Waals surface area contributed by atoms with Gasteiger partial charge in [-0.25, -0.2) is 4.98 Å². The van der Waals surface area contributed by atoms with Crippen molar-refractivity contribution in [2.75, 3.05) is 26.7 Å². The number of piperazine rings is 1. The van der Waals surface area contributed by atoms with Gasteiger partial charge in [0.2, 0.25) is 5.91 Å². The molecule has 1 aliphatic rings. The maximum Gasteiger partial charge on any atom is 0.254 e. The van der Waals surface area contributed by atoms with Crippen molar-refractivity contribution in [1.82, 2.24) is 24.7 Å². The Kier molecular flexibility index (Phi) is 7.81. The third kappa shape index (κ3) is 5.16. The molecule has 7 nitrogen and oxygen atoms in total. The van der Waals surface area contributed by atoms with Gasteiger partial charge in [-0.2, -0.15) is 0 Å². The van der Waals surface area contributed by atoms with Crippen molar-refractivity contribution in [2.45, 2.75) is 26.4 Å². The van der Waals surface area contributed by atoms with Gasteiger partial charge in [0, 0.05) is 64.1 Å². The number of carbonyl (C=O) groups is 2. The first kappa shape index (κ1) is 22.9. The quantitative estimate of drug-likeness (QED) is 0.806. The Bertz CT molecular complexity index is 834. The summed E-state index contributed by atoms with van der Waals surface area (Å²) in [4.78, 5) is 33.2. The Morgan fingerprint density at radius 3 is 2.55 bits per heavy atom. The number of amides is 2. The van der Waals surface area contributed by atoms with Gasteiger partial charge in [0.15, 0.2) is 0 Å². The fourth-order valence-electron chi connectivity index (χ4n) is 3.59. The Hall–Kier alpha value is -2.38. The molecule has 0 radical (unpaired) electrons. The van der Waals surface area contributed by atoms with Crippen LogP contribution in [0.15, 0.2) is 36.7 Å². The second kappa shape index (κ2) is 9.89. The van der Waals surface area contributed by atoms with E-state index in [2.05, 4.69) is 10.3 Å². The molecule has 2 heterocycles. The number of hydrogen-bond acceptors (Lipinski definition) is 4. The van der Waals surface area contributed by atoms with Crippen molar-refractivity contribution in [3.05, 3.63) is 53.6 Å². The number of carbonyl (C=O) groups excluding carboxylic acids is 2. The third-order valence-electron chi connectivity index (χ3n) is 5.15. The number of aryl methyl sites for hydroxylation is 1. The minimum Gasteiger partial charge on any atom is -0.341 e. The summed E-state index contributed by atoms with van der Waals surface area (Å²) in [5.74, 6) is 0.971. The van der Waals surface area contributed by atoms with Crippen LogP contribution in [-0.2, 0) is 18.4 Å². The molecule has 1 aromatic carbocycles. The lowest BCUT2D eigenvalue weighted by molar-refractivity contribution is -0.133. The monoisotopic (exact) mass is 419 g/mol. The van der Waals surface area contributed by atoms with E-state index in [-0.39, 0.29) is 36.2 Å². The van der Waals surface area contributed by atoms with Gasteiger partial charge in [0.25, 0.3) is 5.91 Å². The summed E-state index contributed by atoms with van der Waals surface area (Å²) in [5, 5.41) is 3.35. The van der Waals surface area contributed by atoms with E-state index in [9.17, 15) is 9.59 Å². The predicted octanol–water partition coefficient (Wildman–Crippen LogP) is 2.24. The van der Waals surface area contributed by atoms with E-state index < -0.39 is 0 Å². The predicted molar refractivity (Wildman–Crippen MR) is 115 cm³/mol. The molecule has 1 N–H and O–H groups in total. The first-order valence-electron chi connectivity index (χ1n) is 9.71. The number of imidazole rings is 1. The molecule has 0 bridgehead atoms. The van der Waals surface area contributed by atoms with Gasteiger partial charge in [0.1, 0.15) is 11.9 Å². The Balaban J connectivity index is 0.00000300. The smallest absolute Gasteiger partial charge is 0.254 e. The van der Waals surface area contributed by atoms with E-state index in [1.54, 1.807) is 18.1 Å². The zero-order valence-corrected chi connectivity index (χ0v) is 18.3. The SMILES string of the molecule is CC(C)C(=O)N(C)Cc1ccc(C(=O)N2CCNCC2c2nccn2C)cc1.Cl. The number of aromatic nitrogens is 2. The van der Waals surface area contributed by atoms with Crippen LogP contribution in [0.5, 0.6) is 0 Å². The van der Waals surface area contributed by atoms with Gasteiger partial charge in [-0.15, -0.1) is 12.4 Å². The van der Waals surface area contributed by atoms with Crippen molar-refractivity contribution in [1.29, 1.82) is 0 Å². The summed E-state index contributed by atoms with van der Waals surface area (Å²) in [6.45, 7) is 6.43. The number of benzene rings is 1. The molecule has 0 aliphatic carbocycles. The van der Waals surface area contributed by atoms with Gasteiger partial charge < -0.3 is 19.7 Å². The zero-order chi connectivity index (χ0) is 20.3. The summed E-state index contributed by atoms with van der Waals surface area (Å²) in [7, 11) is 3.75. The molecule has 158 valence electrons. The molecular formula is C21H30ClN5O2. The maximum atomic E-state index is 13.1. The molecule has 29 heavy (non-hydrogen) atoms. The van der Waals surface area contributed by atoms with Crippen LogP contribution in [0.3, 0.4) is 0 Å². The maximum absolute atomic E-state index is 13.1. The molecular weight excluding hydrogens is 390 g/mol. The van der Waals surface area contributed by atoms with E-state index in [4.69, 9.17) is 0 Å². The highest BCUT2D eigenvalue weighted by molar-refractivity contribution is 5.94. The summed E-state index contributed by atoms with van der Waals surface area (Å²) in [5.41, 5.74) is 1.66. The highest BCUT2D eigenvalue weighted by Gasteiger charge is 2.31. The van der Waals surface area contributed by atoms with Gasteiger partial charge in [-0.1, -0.05) is 26.0 Å². The van der Waals surface area contributed by atoms with Crippen molar-refractivity contribution in [2.24, 2.45) is 13.0 Å². The third-order valence-corrected chi connectivity index (χ3v) is 5.15. The topological polar surface area (TPSA) is 70.5 Å². The van der Waals surface area contributed by atoms with Crippen LogP contribution < -0.4 is 5.32 Å². The number of nitrogens with zero attached hydrogens (tertiary/aromatic N) is 4. The van der Waals surface area contributed by atoms with E-state index in [0.29, 0.717) is 25.2 Å². The molecule has 2 amide bonds. The second-order valence-corrected chi connectivity index (χ2v) is 7.66. The Morgan fingerprint density at radius 1 is 1.28 bits per heavy atom. The van der Waals surface area contributed by atoms with Gasteiger partial charge in [-0.3, -0.25) is 9.59 Å². The van der Waals surface area contributed by atoms with Crippen LogP contribution in [0.4, 0.5) is 0 Å². The number of nitrogens with one attached hydrogen (secondary N) is 1. The summed E-state index contributed by atoms with van der Waals surface area (Å²) >= 11 is 0. The number of rotatable bonds is 5. The average molecular weight is 420 g/mol. The van der Waals surface area contributed by atoms with Crippen molar-refractivity contribution in [3.8, 4) is 0 Å². The fraction of sp³-hybridized carbons (Fsp3) is 0.476. The standard InChI is InChI=1S/C21H29N5O2.ClH/c1-15(2)20(27)25(4)14-16-5-7-17(8-6-16)21(28)26-12-9-22-13-18(26)19-23-10-11-24(19)3;/h5-8,10-11,15,18,22H,9,12-14H2,1-4H3;1H. The van der Waals surface area contributed by atoms with Crippen LogP contribution in [0.1, 0.15) is 41.6 Å². The Labute approximate surface area is 178 Å². The van der Waals surface area contributed by atoms with Gasteiger partial charge in [-0.05, 0) is 17.7 Å². The van der Waals surface area contributed by atoms with Crippen molar-refractivity contribution >= 4 is 24.2 Å². The van der Waals surface area contributed by atoms with E-state index >= 15 is 0 Å². The molecule has 1 atom stereocenters. The minimum absolute atomic E-state index is 0. The summed E-state index contributed by atoms with van der Waals surface area (Å²) in [6.07, 6.45) is 3.66. The van der Waals surface area contributed by atoms with E-state index in [1.807, 2.05) is 60.8 Å². The zero-order valence-electron chi connectivity index (χ0n) is 17.5. The largest absolute Gasteiger partial charge is 0.341 e. The fourth-order valence-corrected chi connectivity index (χ4v) is 3.59. The van der Waals surface area contributed by atoms with Crippen molar-refractivity contribution in [3.63, 3.8) is 0 Å². The summed E-state index contributed by atoms with van der Waals surface area (Å²) < 4.78 is 1.96.